The summed E-state index contributed by atoms with van der Waals surface area (Å²) in [5.74, 6) is 1.44. The van der Waals surface area contributed by atoms with E-state index in [1.165, 1.54) is 12.1 Å². The quantitative estimate of drug-likeness (QED) is 0.540. The Morgan fingerprint density at radius 1 is 1.00 bits per heavy atom. The highest BCUT2D eigenvalue weighted by atomic mass is 16.6. The smallest absolute Gasteiger partial charge is 0.269 e. The predicted octanol–water partition coefficient (Wildman–Crippen LogP) is 3.04. The van der Waals surface area contributed by atoms with Gasteiger partial charge in [-0.2, -0.15) is 0 Å². The topological polar surface area (TPSA) is 81.4 Å². The second kappa shape index (κ2) is 6.45. The molecule has 2 aromatic carbocycles. The number of benzene rings is 2. The van der Waals surface area contributed by atoms with Gasteiger partial charge in [-0.1, -0.05) is 12.1 Å². The molecule has 0 radical (unpaired) electrons. The van der Waals surface area contributed by atoms with Gasteiger partial charge in [-0.25, -0.2) is 9.97 Å². The van der Waals surface area contributed by atoms with Crippen LogP contribution in [0.25, 0.3) is 22.3 Å². The van der Waals surface area contributed by atoms with Crippen LogP contribution in [0.5, 0.6) is 0 Å². The highest BCUT2D eigenvalue weighted by Crippen LogP contribution is 2.28. The normalized spacial score (nSPS) is 14.6. The van der Waals surface area contributed by atoms with Crippen molar-refractivity contribution in [1.82, 2.24) is 9.97 Å². The van der Waals surface area contributed by atoms with E-state index >= 15 is 0 Å². The Morgan fingerprint density at radius 3 is 2.44 bits per heavy atom. The fourth-order valence-electron chi connectivity index (χ4n) is 2.94. The van der Waals surface area contributed by atoms with Crippen molar-refractivity contribution in [1.29, 1.82) is 0 Å². The number of nitrogens with zero attached hydrogens (tertiary/aromatic N) is 4. The first kappa shape index (κ1) is 15.5. The van der Waals surface area contributed by atoms with Crippen molar-refractivity contribution in [3.8, 4) is 11.4 Å². The number of nitro benzene ring substituents is 1. The van der Waals surface area contributed by atoms with Crippen LogP contribution < -0.4 is 4.90 Å². The van der Waals surface area contributed by atoms with Crippen LogP contribution in [0.2, 0.25) is 0 Å². The number of anilines is 1. The van der Waals surface area contributed by atoms with Gasteiger partial charge in [0, 0.05) is 36.2 Å². The van der Waals surface area contributed by atoms with Gasteiger partial charge >= 0.3 is 0 Å². The molecule has 0 atom stereocenters. The number of hydrogen-bond acceptors (Lipinski definition) is 6. The predicted molar refractivity (Wildman–Crippen MR) is 94.7 cm³/mol. The molecule has 7 nitrogen and oxygen atoms in total. The summed E-state index contributed by atoms with van der Waals surface area (Å²) in [7, 11) is 0. The fourth-order valence-corrected chi connectivity index (χ4v) is 2.94. The van der Waals surface area contributed by atoms with Gasteiger partial charge in [-0.15, -0.1) is 0 Å². The minimum Gasteiger partial charge on any atom is -0.378 e. The molecule has 0 saturated carbocycles. The van der Waals surface area contributed by atoms with E-state index in [2.05, 4.69) is 9.88 Å². The monoisotopic (exact) mass is 336 g/mol. The lowest BCUT2D eigenvalue weighted by atomic mass is 10.1. The third-order valence-corrected chi connectivity index (χ3v) is 4.23. The van der Waals surface area contributed by atoms with Gasteiger partial charge in [0.15, 0.2) is 5.82 Å². The summed E-state index contributed by atoms with van der Waals surface area (Å²) in [4.78, 5) is 22.0. The van der Waals surface area contributed by atoms with E-state index in [-0.39, 0.29) is 5.69 Å². The zero-order chi connectivity index (χ0) is 17.2. The lowest BCUT2D eigenvalue weighted by molar-refractivity contribution is -0.384. The van der Waals surface area contributed by atoms with Gasteiger partial charge in [0.05, 0.1) is 23.7 Å². The first-order chi connectivity index (χ1) is 12.2. The molecule has 1 aromatic heterocycles. The van der Waals surface area contributed by atoms with Crippen molar-refractivity contribution >= 4 is 22.4 Å². The summed E-state index contributed by atoms with van der Waals surface area (Å²) in [6.45, 7) is 2.90. The molecule has 0 bridgehead atoms. The third-order valence-electron chi connectivity index (χ3n) is 4.23. The molecule has 2 heterocycles. The molecular weight excluding hydrogens is 320 g/mol. The maximum absolute atomic E-state index is 10.8. The Labute approximate surface area is 144 Å². The number of hydrogen-bond donors (Lipinski definition) is 0. The Morgan fingerprint density at radius 2 is 1.72 bits per heavy atom. The molecule has 25 heavy (non-hydrogen) atoms. The Kier molecular flexibility index (Phi) is 3.99. The van der Waals surface area contributed by atoms with Crippen molar-refractivity contribution in [2.45, 2.75) is 0 Å². The standard InChI is InChI=1S/C18H16N4O3/c23-22(24)14-7-5-13(6-8-14)17-19-16-4-2-1-3-15(16)18(20-17)21-9-11-25-12-10-21/h1-8H,9-12H2. The van der Waals surface area contributed by atoms with Crippen LogP contribution in [0.3, 0.4) is 0 Å². The minimum absolute atomic E-state index is 0.0536. The van der Waals surface area contributed by atoms with Crippen LogP contribution in [0.4, 0.5) is 11.5 Å². The molecule has 0 spiro atoms. The fraction of sp³-hybridized carbons (Fsp3) is 0.222. The number of fused-ring (bicyclic) bond motifs is 1. The van der Waals surface area contributed by atoms with E-state index in [1.807, 2.05) is 24.3 Å². The lowest BCUT2D eigenvalue weighted by Gasteiger charge is -2.29. The number of non-ortho nitro benzene ring substituents is 1. The highest BCUT2D eigenvalue weighted by Gasteiger charge is 2.18. The number of nitro groups is 1. The van der Waals surface area contributed by atoms with Gasteiger partial charge in [-0.3, -0.25) is 10.1 Å². The Bertz CT molecular complexity index is 921. The van der Waals surface area contributed by atoms with Crippen LogP contribution in [-0.2, 0) is 4.74 Å². The van der Waals surface area contributed by atoms with Gasteiger partial charge in [0.2, 0.25) is 0 Å². The summed E-state index contributed by atoms with van der Waals surface area (Å²) < 4.78 is 5.43. The first-order valence-electron chi connectivity index (χ1n) is 8.07. The Hall–Kier alpha value is -3.06. The molecule has 1 fully saturated rings. The molecule has 0 N–H and O–H groups in total. The maximum atomic E-state index is 10.8. The number of aromatic nitrogens is 2. The number of ether oxygens (including phenoxy) is 1. The summed E-state index contributed by atoms with van der Waals surface area (Å²) in [6, 6.07) is 14.2. The van der Waals surface area contributed by atoms with Gasteiger partial charge in [-0.05, 0) is 24.3 Å². The van der Waals surface area contributed by atoms with Crippen molar-refractivity contribution in [2.24, 2.45) is 0 Å². The van der Waals surface area contributed by atoms with Crippen LogP contribution in [0.15, 0.2) is 48.5 Å². The second-order valence-electron chi connectivity index (χ2n) is 5.79. The number of rotatable bonds is 3. The molecule has 0 unspecified atom stereocenters. The summed E-state index contributed by atoms with van der Waals surface area (Å²) in [5.41, 5.74) is 1.66. The summed E-state index contributed by atoms with van der Waals surface area (Å²) >= 11 is 0. The molecule has 1 aliphatic heterocycles. The van der Waals surface area contributed by atoms with Crippen LogP contribution in [-0.4, -0.2) is 41.2 Å². The molecule has 0 aliphatic carbocycles. The molecular formula is C18H16N4O3. The van der Waals surface area contributed by atoms with Crippen molar-refractivity contribution in [3.63, 3.8) is 0 Å². The van der Waals surface area contributed by atoms with Crippen LogP contribution in [0.1, 0.15) is 0 Å². The SMILES string of the molecule is O=[N+]([O-])c1ccc(-c2nc(N3CCOCC3)c3ccccc3n2)cc1. The van der Waals surface area contributed by atoms with Gasteiger partial charge in [0.1, 0.15) is 5.82 Å². The zero-order valence-corrected chi connectivity index (χ0v) is 13.5. The third kappa shape index (κ3) is 3.01. The van der Waals surface area contributed by atoms with Crippen molar-refractivity contribution < 1.29 is 9.66 Å². The van der Waals surface area contributed by atoms with Gasteiger partial charge < -0.3 is 9.64 Å². The van der Waals surface area contributed by atoms with Gasteiger partial charge in [0.25, 0.3) is 5.69 Å². The average molecular weight is 336 g/mol. The molecule has 126 valence electrons. The Balaban J connectivity index is 1.82. The van der Waals surface area contributed by atoms with Crippen molar-refractivity contribution in [2.75, 3.05) is 31.2 Å². The van der Waals surface area contributed by atoms with Crippen molar-refractivity contribution in [3.05, 3.63) is 58.6 Å². The minimum atomic E-state index is -0.413. The van der Waals surface area contributed by atoms with Crippen LogP contribution in [0, 0.1) is 10.1 Å². The number of para-hydroxylation sites is 1. The number of morpholine rings is 1. The van der Waals surface area contributed by atoms with E-state index in [1.54, 1.807) is 12.1 Å². The van der Waals surface area contributed by atoms with E-state index in [0.717, 1.165) is 35.4 Å². The molecule has 4 rings (SSSR count). The largest absolute Gasteiger partial charge is 0.378 e. The first-order valence-corrected chi connectivity index (χ1v) is 8.07. The average Bonchev–Trinajstić information content (AvgIpc) is 2.68. The molecule has 3 aromatic rings. The molecule has 7 heteroatoms. The van der Waals surface area contributed by atoms with E-state index in [0.29, 0.717) is 19.0 Å². The molecule has 0 amide bonds. The van der Waals surface area contributed by atoms with E-state index in [9.17, 15) is 10.1 Å². The molecule has 1 saturated heterocycles. The maximum Gasteiger partial charge on any atom is 0.269 e. The second-order valence-corrected chi connectivity index (χ2v) is 5.79. The summed E-state index contributed by atoms with van der Waals surface area (Å²) in [6.07, 6.45) is 0. The van der Waals surface area contributed by atoms with E-state index < -0.39 is 4.92 Å². The highest BCUT2D eigenvalue weighted by molar-refractivity contribution is 5.91. The zero-order valence-electron chi connectivity index (χ0n) is 13.5. The lowest BCUT2D eigenvalue weighted by Crippen LogP contribution is -2.37. The van der Waals surface area contributed by atoms with E-state index in [4.69, 9.17) is 9.72 Å². The summed E-state index contributed by atoms with van der Waals surface area (Å²) in [5, 5.41) is 11.8. The molecule has 1 aliphatic rings. The van der Waals surface area contributed by atoms with Crippen LogP contribution >= 0.6 is 0 Å².